The molecule has 4 heteroatoms. The molecule has 3 nitrogen and oxygen atoms in total. The molecule has 0 saturated carbocycles. The van der Waals surface area contributed by atoms with Gasteiger partial charge in [0.2, 0.25) is 5.91 Å². The summed E-state index contributed by atoms with van der Waals surface area (Å²) in [6.45, 7) is 5.56. The lowest BCUT2D eigenvalue weighted by atomic mass is 10.0. The van der Waals surface area contributed by atoms with Gasteiger partial charge in [-0.05, 0) is 56.6 Å². The van der Waals surface area contributed by atoms with Gasteiger partial charge in [0.15, 0.2) is 0 Å². The van der Waals surface area contributed by atoms with Gasteiger partial charge in [-0.1, -0.05) is 13.0 Å². The largest absolute Gasteiger partial charge is 0.338 e. The third-order valence-electron chi connectivity index (χ3n) is 5.05. The molecule has 116 valence electrons. The summed E-state index contributed by atoms with van der Waals surface area (Å²) in [6.07, 6.45) is 6.53. The summed E-state index contributed by atoms with van der Waals surface area (Å²) in [6, 6.07) is 5.29. The van der Waals surface area contributed by atoms with Crippen LogP contribution in [0.25, 0.3) is 0 Å². The molecule has 0 bridgehead atoms. The van der Waals surface area contributed by atoms with E-state index in [-0.39, 0.29) is 0 Å². The Morgan fingerprint density at radius 2 is 2.10 bits per heavy atom. The Balaban J connectivity index is 1.59. The van der Waals surface area contributed by atoms with Gasteiger partial charge in [0.1, 0.15) is 0 Å². The second kappa shape index (κ2) is 6.93. The maximum atomic E-state index is 12.6. The van der Waals surface area contributed by atoms with E-state index in [1.54, 1.807) is 11.3 Å². The minimum atomic E-state index is 0.369. The lowest BCUT2D eigenvalue weighted by Crippen LogP contribution is -2.48. The van der Waals surface area contributed by atoms with Crippen molar-refractivity contribution in [3.05, 3.63) is 22.4 Å². The molecule has 3 heterocycles. The maximum absolute atomic E-state index is 12.6. The van der Waals surface area contributed by atoms with Gasteiger partial charge in [0, 0.05) is 29.9 Å². The van der Waals surface area contributed by atoms with E-state index in [4.69, 9.17) is 0 Å². The molecule has 2 aliphatic heterocycles. The summed E-state index contributed by atoms with van der Waals surface area (Å²) in [7, 11) is 0. The fourth-order valence-electron chi connectivity index (χ4n) is 4.01. The van der Waals surface area contributed by atoms with Gasteiger partial charge in [0.25, 0.3) is 0 Å². The van der Waals surface area contributed by atoms with Crippen molar-refractivity contribution in [2.75, 3.05) is 19.6 Å². The second-order valence-electron chi connectivity index (χ2n) is 6.21. The van der Waals surface area contributed by atoms with E-state index in [0.717, 1.165) is 19.5 Å². The molecule has 2 aliphatic rings. The molecule has 0 aromatic carbocycles. The minimum absolute atomic E-state index is 0.369. The van der Waals surface area contributed by atoms with Crippen molar-refractivity contribution in [3.8, 4) is 0 Å². The zero-order valence-corrected chi connectivity index (χ0v) is 13.8. The van der Waals surface area contributed by atoms with Crippen molar-refractivity contribution in [1.82, 2.24) is 9.80 Å². The smallest absolute Gasteiger partial charge is 0.223 e. The van der Waals surface area contributed by atoms with E-state index in [2.05, 4.69) is 34.2 Å². The summed E-state index contributed by atoms with van der Waals surface area (Å²) in [5, 5.41) is 2.09. The highest BCUT2D eigenvalue weighted by Gasteiger charge is 2.38. The zero-order valence-electron chi connectivity index (χ0n) is 13.0. The van der Waals surface area contributed by atoms with Crippen LogP contribution >= 0.6 is 11.3 Å². The van der Waals surface area contributed by atoms with Gasteiger partial charge in [0.05, 0.1) is 0 Å². The first-order valence-electron chi connectivity index (χ1n) is 8.35. The molecule has 0 spiro atoms. The molecule has 1 aromatic heterocycles. The van der Waals surface area contributed by atoms with E-state index < -0.39 is 0 Å². The van der Waals surface area contributed by atoms with Crippen LogP contribution < -0.4 is 0 Å². The fraction of sp³-hybridized carbons (Fsp3) is 0.706. The van der Waals surface area contributed by atoms with Crippen LogP contribution in [0.1, 0.15) is 43.9 Å². The number of likely N-dealkylation sites (tertiary alicyclic amines) is 2. The van der Waals surface area contributed by atoms with Gasteiger partial charge < -0.3 is 4.90 Å². The third kappa shape index (κ3) is 3.32. The Morgan fingerprint density at radius 3 is 2.86 bits per heavy atom. The topological polar surface area (TPSA) is 23.6 Å². The Morgan fingerprint density at radius 1 is 1.29 bits per heavy atom. The monoisotopic (exact) mass is 306 g/mol. The first-order valence-corrected chi connectivity index (χ1v) is 9.23. The van der Waals surface area contributed by atoms with Crippen molar-refractivity contribution < 1.29 is 4.79 Å². The van der Waals surface area contributed by atoms with Crippen molar-refractivity contribution in [2.45, 2.75) is 57.5 Å². The maximum Gasteiger partial charge on any atom is 0.223 e. The second-order valence-corrected chi connectivity index (χ2v) is 7.25. The number of nitrogens with zero attached hydrogens (tertiary/aromatic N) is 2. The molecule has 2 saturated heterocycles. The Hall–Kier alpha value is -0.870. The lowest BCUT2D eigenvalue weighted by Gasteiger charge is -2.34. The predicted molar refractivity (Wildman–Crippen MR) is 87.6 cm³/mol. The van der Waals surface area contributed by atoms with Crippen LogP contribution in [0.4, 0.5) is 0 Å². The predicted octanol–water partition coefficient (Wildman–Crippen LogP) is 3.16. The average Bonchev–Trinajstić information content (AvgIpc) is 3.23. The number of rotatable bonds is 5. The van der Waals surface area contributed by atoms with E-state index in [0.29, 0.717) is 24.4 Å². The molecule has 2 atom stereocenters. The molecule has 2 unspecified atom stereocenters. The summed E-state index contributed by atoms with van der Waals surface area (Å²) in [5.74, 6) is 0.369. The number of carbonyl (C=O) groups excluding carboxylic acids is 1. The number of likely N-dealkylation sites (N-methyl/N-ethyl adjacent to an activating group) is 1. The lowest BCUT2D eigenvalue weighted by molar-refractivity contribution is -0.133. The van der Waals surface area contributed by atoms with Gasteiger partial charge in [-0.3, -0.25) is 9.69 Å². The Kier molecular flexibility index (Phi) is 4.96. The standard InChI is InChI=1S/C17H26N2OS/c1-2-18-11-3-7-15(18)16-8-4-12-19(16)17(20)10-9-14-6-5-13-21-14/h5-6,13,15-16H,2-4,7-12H2,1H3. The molecule has 0 aliphatic carbocycles. The zero-order chi connectivity index (χ0) is 14.7. The minimum Gasteiger partial charge on any atom is -0.338 e. The van der Waals surface area contributed by atoms with Crippen LogP contribution in [0.2, 0.25) is 0 Å². The van der Waals surface area contributed by atoms with E-state index in [1.807, 2.05) is 0 Å². The van der Waals surface area contributed by atoms with Crippen LogP contribution in [0.15, 0.2) is 17.5 Å². The molecular formula is C17H26N2OS. The fourth-order valence-corrected chi connectivity index (χ4v) is 4.72. The van der Waals surface area contributed by atoms with Crippen LogP contribution in [0.5, 0.6) is 0 Å². The first-order chi connectivity index (χ1) is 10.3. The summed E-state index contributed by atoms with van der Waals surface area (Å²) in [5.41, 5.74) is 0. The molecule has 0 radical (unpaired) electrons. The molecule has 21 heavy (non-hydrogen) atoms. The molecule has 1 aromatic rings. The summed E-state index contributed by atoms with van der Waals surface area (Å²) in [4.78, 5) is 18.7. The van der Waals surface area contributed by atoms with Crippen LogP contribution in [-0.2, 0) is 11.2 Å². The quantitative estimate of drug-likeness (QED) is 0.834. The number of thiophene rings is 1. The normalized spacial score (nSPS) is 26.6. The van der Waals surface area contributed by atoms with Crippen LogP contribution in [0.3, 0.4) is 0 Å². The molecule has 0 N–H and O–H groups in total. The third-order valence-corrected chi connectivity index (χ3v) is 5.99. The van der Waals surface area contributed by atoms with Gasteiger partial charge in [-0.25, -0.2) is 0 Å². The number of amides is 1. The van der Waals surface area contributed by atoms with Crippen molar-refractivity contribution in [1.29, 1.82) is 0 Å². The summed E-state index contributed by atoms with van der Waals surface area (Å²) < 4.78 is 0. The highest BCUT2D eigenvalue weighted by atomic mass is 32.1. The highest BCUT2D eigenvalue weighted by Crippen LogP contribution is 2.30. The van der Waals surface area contributed by atoms with Gasteiger partial charge >= 0.3 is 0 Å². The Labute approximate surface area is 131 Å². The number of hydrogen-bond donors (Lipinski definition) is 0. The SMILES string of the molecule is CCN1CCCC1C1CCCN1C(=O)CCc1cccs1. The van der Waals surface area contributed by atoms with Crippen LogP contribution in [0, 0.1) is 0 Å². The molecular weight excluding hydrogens is 280 g/mol. The number of carbonyl (C=O) groups is 1. The van der Waals surface area contributed by atoms with E-state index >= 15 is 0 Å². The van der Waals surface area contributed by atoms with Crippen molar-refractivity contribution in [2.24, 2.45) is 0 Å². The molecule has 1 amide bonds. The van der Waals surface area contributed by atoms with E-state index in [9.17, 15) is 4.79 Å². The van der Waals surface area contributed by atoms with Crippen LogP contribution in [-0.4, -0.2) is 47.4 Å². The molecule has 3 rings (SSSR count). The van der Waals surface area contributed by atoms with Crippen molar-refractivity contribution in [3.63, 3.8) is 0 Å². The molecule has 2 fully saturated rings. The van der Waals surface area contributed by atoms with E-state index in [1.165, 1.54) is 37.1 Å². The summed E-state index contributed by atoms with van der Waals surface area (Å²) >= 11 is 1.76. The Bertz CT molecular complexity index is 459. The van der Waals surface area contributed by atoms with Gasteiger partial charge in [-0.15, -0.1) is 11.3 Å². The number of hydrogen-bond acceptors (Lipinski definition) is 3. The van der Waals surface area contributed by atoms with Gasteiger partial charge in [-0.2, -0.15) is 0 Å². The average molecular weight is 306 g/mol. The number of aryl methyl sites for hydroxylation is 1. The highest BCUT2D eigenvalue weighted by molar-refractivity contribution is 7.09. The first kappa shape index (κ1) is 15.0. The van der Waals surface area contributed by atoms with Crippen molar-refractivity contribution >= 4 is 17.2 Å².